The average molecular weight is 469 g/mol. The first-order valence-electron chi connectivity index (χ1n) is 12.9. The molecule has 4 nitrogen and oxygen atoms in total. The standard InChI is InChI=1S/C31H36N2O2/c1-2-32(19-22-34-20-16-25-13-14-30-28(23-25)17-21-35-30)29-15-18-33(24-29)31(26-9-5-3-6-10-26)27-11-7-4-8-12-27/h3-14,17,21,23,29,31H,2,15-16,18-20,22,24H2,1H3. The molecule has 0 spiro atoms. The van der Waals surface area contributed by atoms with E-state index in [0.29, 0.717) is 12.1 Å². The molecule has 1 fully saturated rings. The average Bonchev–Trinajstić information content (AvgIpc) is 3.57. The van der Waals surface area contributed by atoms with Crippen molar-refractivity contribution in [2.24, 2.45) is 0 Å². The van der Waals surface area contributed by atoms with Crippen molar-refractivity contribution in [2.45, 2.75) is 31.8 Å². The van der Waals surface area contributed by atoms with Gasteiger partial charge in [-0.1, -0.05) is 73.7 Å². The minimum atomic E-state index is 0.310. The molecule has 4 aromatic rings. The van der Waals surface area contributed by atoms with Gasteiger partial charge in [-0.2, -0.15) is 0 Å². The van der Waals surface area contributed by atoms with Gasteiger partial charge in [-0.3, -0.25) is 9.80 Å². The van der Waals surface area contributed by atoms with E-state index in [-0.39, 0.29) is 0 Å². The number of rotatable bonds is 11. The highest BCUT2D eigenvalue weighted by Crippen LogP contribution is 2.32. The third-order valence-corrected chi connectivity index (χ3v) is 7.29. The van der Waals surface area contributed by atoms with Gasteiger partial charge in [-0.15, -0.1) is 0 Å². The van der Waals surface area contributed by atoms with Crippen molar-refractivity contribution in [2.75, 3.05) is 39.4 Å². The van der Waals surface area contributed by atoms with Gasteiger partial charge in [0.05, 0.1) is 25.5 Å². The molecule has 4 heteroatoms. The van der Waals surface area contributed by atoms with Crippen LogP contribution in [0.3, 0.4) is 0 Å². The highest BCUT2D eigenvalue weighted by molar-refractivity contribution is 5.77. The zero-order valence-corrected chi connectivity index (χ0v) is 20.7. The zero-order valence-electron chi connectivity index (χ0n) is 20.7. The van der Waals surface area contributed by atoms with Crippen LogP contribution in [0.1, 0.15) is 36.1 Å². The molecule has 1 aromatic heterocycles. The third kappa shape index (κ3) is 5.84. The van der Waals surface area contributed by atoms with Crippen molar-refractivity contribution in [1.82, 2.24) is 9.80 Å². The molecule has 3 aromatic carbocycles. The maximum Gasteiger partial charge on any atom is 0.133 e. The van der Waals surface area contributed by atoms with Crippen molar-refractivity contribution < 1.29 is 9.15 Å². The van der Waals surface area contributed by atoms with Crippen molar-refractivity contribution in [3.05, 3.63) is 108 Å². The highest BCUT2D eigenvalue weighted by Gasteiger charge is 2.32. The van der Waals surface area contributed by atoms with E-state index in [0.717, 1.165) is 56.8 Å². The second-order valence-electron chi connectivity index (χ2n) is 9.45. The van der Waals surface area contributed by atoms with Crippen molar-refractivity contribution in [3.63, 3.8) is 0 Å². The lowest BCUT2D eigenvalue weighted by Gasteiger charge is -2.31. The molecule has 182 valence electrons. The maximum atomic E-state index is 6.06. The van der Waals surface area contributed by atoms with Gasteiger partial charge in [0.25, 0.3) is 0 Å². The summed E-state index contributed by atoms with van der Waals surface area (Å²) in [6.45, 7) is 8.05. The van der Waals surface area contributed by atoms with Crippen LogP contribution in [-0.4, -0.2) is 55.2 Å². The summed E-state index contributed by atoms with van der Waals surface area (Å²) >= 11 is 0. The largest absolute Gasteiger partial charge is 0.464 e. The van der Waals surface area contributed by atoms with E-state index in [1.807, 2.05) is 12.1 Å². The summed E-state index contributed by atoms with van der Waals surface area (Å²) < 4.78 is 11.5. The normalized spacial score (nSPS) is 16.6. The number of nitrogens with zero attached hydrogens (tertiary/aromatic N) is 2. The van der Waals surface area contributed by atoms with Gasteiger partial charge in [-0.25, -0.2) is 0 Å². The molecule has 0 amide bonds. The van der Waals surface area contributed by atoms with E-state index in [1.165, 1.54) is 23.1 Å². The van der Waals surface area contributed by atoms with Gasteiger partial charge < -0.3 is 9.15 Å². The number of likely N-dealkylation sites (N-methyl/N-ethyl adjacent to an activating group) is 1. The van der Waals surface area contributed by atoms with Crippen LogP contribution in [0, 0.1) is 0 Å². The Morgan fingerprint density at radius 2 is 1.69 bits per heavy atom. The molecule has 5 rings (SSSR count). The Bertz CT molecular complexity index is 1130. The van der Waals surface area contributed by atoms with E-state index >= 15 is 0 Å². The number of hydrogen-bond acceptors (Lipinski definition) is 4. The van der Waals surface area contributed by atoms with Gasteiger partial charge in [0.2, 0.25) is 0 Å². The topological polar surface area (TPSA) is 28.9 Å². The molecule has 1 unspecified atom stereocenters. The molecule has 0 radical (unpaired) electrons. The number of hydrogen-bond donors (Lipinski definition) is 0. The highest BCUT2D eigenvalue weighted by atomic mass is 16.5. The lowest BCUT2D eigenvalue weighted by atomic mass is 9.97. The molecule has 1 saturated heterocycles. The first kappa shape index (κ1) is 23.8. The second-order valence-corrected chi connectivity index (χ2v) is 9.45. The zero-order chi connectivity index (χ0) is 23.9. The van der Waals surface area contributed by atoms with Crippen molar-refractivity contribution in [1.29, 1.82) is 0 Å². The summed E-state index contributed by atoms with van der Waals surface area (Å²) in [5, 5.41) is 1.16. The predicted molar refractivity (Wildman–Crippen MR) is 143 cm³/mol. The number of furan rings is 1. The first-order valence-corrected chi connectivity index (χ1v) is 12.9. The number of likely N-dealkylation sites (tertiary alicyclic amines) is 1. The van der Waals surface area contributed by atoms with E-state index in [1.54, 1.807) is 6.26 Å². The quantitative estimate of drug-likeness (QED) is 0.246. The van der Waals surface area contributed by atoms with Crippen LogP contribution in [-0.2, 0) is 11.2 Å². The summed E-state index contributed by atoms with van der Waals surface area (Å²) in [6.07, 6.45) is 3.88. The van der Waals surface area contributed by atoms with Crippen LogP contribution in [0.5, 0.6) is 0 Å². The lowest BCUT2D eigenvalue weighted by Crippen LogP contribution is -2.40. The minimum Gasteiger partial charge on any atom is -0.464 e. The Morgan fingerprint density at radius 3 is 2.40 bits per heavy atom. The number of ether oxygens (including phenoxy) is 1. The molecule has 0 bridgehead atoms. The molecule has 0 saturated carbocycles. The van der Waals surface area contributed by atoms with E-state index in [9.17, 15) is 0 Å². The lowest BCUT2D eigenvalue weighted by molar-refractivity contribution is 0.0906. The van der Waals surface area contributed by atoms with Crippen LogP contribution in [0.25, 0.3) is 11.0 Å². The fourth-order valence-electron chi connectivity index (χ4n) is 5.43. The molecule has 1 aliphatic heterocycles. The summed E-state index contributed by atoms with van der Waals surface area (Å²) in [5.41, 5.74) is 4.99. The van der Waals surface area contributed by atoms with Gasteiger partial charge in [-0.05, 0) is 54.3 Å². The SMILES string of the molecule is CCN(CCOCCc1ccc2occc2c1)C1CCN(C(c2ccccc2)c2ccccc2)C1. The van der Waals surface area contributed by atoms with Gasteiger partial charge in [0.15, 0.2) is 0 Å². The van der Waals surface area contributed by atoms with Gasteiger partial charge in [0, 0.05) is 31.1 Å². The summed E-state index contributed by atoms with van der Waals surface area (Å²) in [6, 6.07) is 31.2. The monoisotopic (exact) mass is 468 g/mol. The van der Waals surface area contributed by atoms with E-state index in [2.05, 4.69) is 89.5 Å². The van der Waals surface area contributed by atoms with Crippen LogP contribution < -0.4 is 0 Å². The van der Waals surface area contributed by atoms with Gasteiger partial charge >= 0.3 is 0 Å². The Balaban J connectivity index is 1.14. The molecular formula is C31H36N2O2. The van der Waals surface area contributed by atoms with E-state index < -0.39 is 0 Å². The van der Waals surface area contributed by atoms with Crippen LogP contribution >= 0.6 is 0 Å². The first-order chi connectivity index (χ1) is 17.3. The van der Waals surface area contributed by atoms with Crippen molar-refractivity contribution in [3.8, 4) is 0 Å². The summed E-state index contributed by atoms with van der Waals surface area (Å²) in [7, 11) is 0. The van der Waals surface area contributed by atoms with E-state index in [4.69, 9.17) is 9.15 Å². The molecule has 2 heterocycles. The third-order valence-electron chi connectivity index (χ3n) is 7.29. The van der Waals surface area contributed by atoms with Crippen LogP contribution in [0.2, 0.25) is 0 Å². The Labute approximate surface area is 209 Å². The molecule has 0 aliphatic carbocycles. The van der Waals surface area contributed by atoms with Crippen LogP contribution in [0.15, 0.2) is 95.6 Å². The molecule has 0 N–H and O–H groups in total. The Hall–Kier alpha value is -2.92. The molecule has 35 heavy (non-hydrogen) atoms. The molecule has 1 aliphatic rings. The van der Waals surface area contributed by atoms with Gasteiger partial charge in [0.1, 0.15) is 5.58 Å². The molecule has 1 atom stereocenters. The molecular weight excluding hydrogens is 432 g/mol. The Kier molecular flexibility index (Phi) is 7.94. The summed E-state index contributed by atoms with van der Waals surface area (Å²) in [4.78, 5) is 5.26. The number of benzene rings is 3. The predicted octanol–water partition coefficient (Wildman–Crippen LogP) is 6.18. The van der Waals surface area contributed by atoms with Crippen molar-refractivity contribution >= 4 is 11.0 Å². The fraction of sp³-hybridized carbons (Fsp3) is 0.355. The minimum absolute atomic E-state index is 0.310. The maximum absolute atomic E-state index is 6.06. The van der Waals surface area contributed by atoms with Crippen LogP contribution in [0.4, 0.5) is 0 Å². The Morgan fingerprint density at radius 1 is 0.943 bits per heavy atom. The smallest absolute Gasteiger partial charge is 0.133 e. The second kappa shape index (κ2) is 11.7. The summed E-state index contributed by atoms with van der Waals surface area (Å²) in [5.74, 6) is 0. The number of fused-ring (bicyclic) bond motifs is 1. The fourth-order valence-corrected chi connectivity index (χ4v) is 5.43.